The average Bonchev–Trinajstić information content (AvgIpc) is 2.67. The summed E-state index contributed by atoms with van der Waals surface area (Å²) in [6.07, 6.45) is -0.368. The molecular weight excluding hydrogens is 352 g/mol. The van der Waals surface area contributed by atoms with Gasteiger partial charge in [-0.15, -0.1) is 0 Å². The first-order valence-corrected chi connectivity index (χ1v) is 7.97. The van der Waals surface area contributed by atoms with Crippen molar-refractivity contribution in [1.82, 2.24) is 0 Å². The maximum atomic E-state index is 12.0. The third-order valence-electron chi connectivity index (χ3n) is 3.58. The smallest absolute Gasteiger partial charge is 0.337 e. The predicted molar refractivity (Wildman–Crippen MR) is 99.2 cm³/mol. The minimum atomic E-state index is -0.487. The Balaban J connectivity index is 1.92. The average molecular weight is 372 g/mol. The molecule has 0 aliphatic heterocycles. The summed E-state index contributed by atoms with van der Waals surface area (Å²) in [5.41, 5.74) is 1.31. The largest absolute Gasteiger partial charge is 0.493 e. The maximum Gasteiger partial charge on any atom is 0.337 e. The molecule has 0 spiro atoms. The summed E-state index contributed by atoms with van der Waals surface area (Å²) in [6.45, 7) is 0. The molecule has 0 heterocycles. The van der Waals surface area contributed by atoms with Crippen molar-refractivity contribution in [2.75, 3.05) is 32.0 Å². The number of anilines is 2. The van der Waals surface area contributed by atoms with Crippen LogP contribution in [0.1, 0.15) is 16.8 Å². The zero-order chi connectivity index (χ0) is 19.8. The van der Waals surface area contributed by atoms with Gasteiger partial charge in [0.25, 0.3) is 0 Å². The minimum Gasteiger partial charge on any atom is -0.493 e. The van der Waals surface area contributed by atoms with Crippen molar-refractivity contribution in [2.24, 2.45) is 0 Å². The minimum absolute atomic E-state index is 0.363. The van der Waals surface area contributed by atoms with Crippen LogP contribution in [0.15, 0.2) is 42.5 Å². The second-order valence-corrected chi connectivity index (χ2v) is 5.41. The van der Waals surface area contributed by atoms with E-state index in [1.54, 1.807) is 30.3 Å². The lowest BCUT2D eigenvalue weighted by Gasteiger charge is -2.11. The Bertz CT molecular complexity index is 833. The van der Waals surface area contributed by atoms with E-state index in [2.05, 4.69) is 15.4 Å². The lowest BCUT2D eigenvalue weighted by Crippen LogP contribution is -2.21. The van der Waals surface area contributed by atoms with E-state index >= 15 is 0 Å². The number of methoxy groups -OCH3 is 3. The van der Waals surface area contributed by atoms with Crippen LogP contribution >= 0.6 is 0 Å². The lowest BCUT2D eigenvalue weighted by atomic mass is 10.2. The predicted octanol–water partition coefficient (Wildman–Crippen LogP) is 2.46. The Morgan fingerprint density at radius 2 is 1.33 bits per heavy atom. The zero-order valence-corrected chi connectivity index (χ0v) is 15.2. The molecule has 27 heavy (non-hydrogen) atoms. The standard InChI is InChI=1S/C19H20N2O6/c1-25-15-9-8-14(10-16(15)26-2)21-18(23)11-17(22)20-13-6-4-12(5-7-13)19(24)27-3/h4-10H,11H2,1-3H3,(H,20,22)(H,21,23). The normalized spacial score (nSPS) is 9.89. The number of esters is 1. The quantitative estimate of drug-likeness (QED) is 0.572. The highest BCUT2D eigenvalue weighted by Gasteiger charge is 2.12. The highest BCUT2D eigenvalue weighted by atomic mass is 16.5. The number of nitrogens with one attached hydrogen (secondary N) is 2. The van der Waals surface area contributed by atoms with Crippen LogP contribution in [0, 0.1) is 0 Å². The van der Waals surface area contributed by atoms with Gasteiger partial charge in [0.05, 0.1) is 26.9 Å². The zero-order valence-electron chi connectivity index (χ0n) is 15.2. The van der Waals surface area contributed by atoms with Gasteiger partial charge in [-0.1, -0.05) is 0 Å². The number of amides is 2. The van der Waals surface area contributed by atoms with Gasteiger partial charge in [0, 0.05) is 17.4 Å². The molecule has 2 rings (SSSR count). The van der Waals surface area contributed by atoms with Crippen molar-refractivity contribution in [2.45, 2.75) is 6.42 Å². The van der Waals surface area contributed by atoms with Crippen LogP contribution in [0.4, 0.5) is 11.4 Å². The molecule has 0 aliphatic rings. The van der Waals surface area contributed by atoms with Crippen molar-refractivity contribution in [1.29, 1.82) is 0 Å². The Morgan fingerprint density at radius 1 is 0.778 bits per heavy atom. The molecule has 2 aromatic carbocycles. The first kappa shape index (κ1) is 19.8. The van der Waals surface area contributed by atoms with Crippen LogP contribution in [-0.2, 0) is 14.3 Å². The van der Waals surface area contributed by atoms with Crippen LogP contribution in [0.2, 0.25) is 0 Å². The van der Waals surface area contributed by atoms with Gasteiger partial charge in [-0.2, -0.15) is 0 Å². The first-order chi connectivity index (χ1) is 13.0. The van der Waals surface area contributed by atoms with Gasteiger partial charge in [-0.25, -0.2) is 4.79 Å². The molecule has 0 unspecified atom stereocenters. The number of rotatable bonds is 7. The van der Waals surface area contributed by atoms with E-state index < -0.39 is 17.8 Å². The fraction of sp³-hybridized carbons (Fsp3) is 0.211. The second kappa shape index (κ2) is 9.23. The van der Waals surface area contributed by atoms with Crippen LogP contribution in [0.3, 0.4) is 0 Å². The Kier molecular flexibility index (Phi) is 6.76. The molecule has 0 fully saturated rings. The molecular formula is C19H20N2O6. The van der Waals surface area contributed by atoms with Crippen LogP contribution in [-0.4, -0.2) is 39.1 Å². The summed E-state index contributed by atoms with van der Waals surface area (Å²) in [7, 11) is 4.29. The number of hydrogen-bond donors (Lipinski definition) is 2. The van der Waals surface area contributed by atoms with Gasteiger partial charge in [0.1, 0.15) is 6.42 Å². The Labute approximate surface area is 156 Å². The SMILES string of the molecule is COC(=O)c1ccc(NC(=O)CC(=O)Nc2ccc(OC)c(OC)c2)cc1. The van der Waals surface area contributed by atoms with Gasteiger partial charge in [-0.3, -0.25) is 9.59 Å². The topological polar surface area (TPSA) is 103 Å². The summed E-state index contributed by atoms with van der Waals surface area (Å²) in [4.78, 5) is 35.4. The van der Waals surface area contributed by atoms with Crippen LogP contribution < -0.4 is 20.1 Å². The summed E-state index contributed by atoms with van der Waals surface area (Å²) < 4.78 is 14.9. The van der Waals surface area contributed by atoms with E-state index in [0.717, 1.165) is 0 Å². The second-order valence-electron chi connectivity index (χ2n) is 5.41. The van der Waals surface area contributed by atoms with Crippen molar-refractivity contribution >= 4 is 29.2 Å². The third kappa shape index (κ3) is 5.46. The molecule has 0 aliphatic carbocycles. The van der Waals surface area contributed by atoms with Crippen molar-refractivity contribution in [3.63, 3.8) is 0 Å². The summed E-state index contributed by atoms with van der Waals surface area (Å²) in [5, 5.41) is 5.21. The van der Waals surface area contributed by atoms with E-state index in [9.17, 15) is 14.4 Å². The van der Waals surface area contributed by atoms with E-state index in [1.165, 1.54) is 33.5 Å². The monoisotopic (exact) mass is 372 g/mol. The summed E-state index contributed by atoms with van der Waals surface area (Å²) in [5.74, 6) is -0.444. The van der Waals surface area contributed by atoms with Gasteiger partial charge < -0.3 is 24.8 Å². The number of carbonyl (C=O) groups is 3. The van der Waals surface area contributed by atoms with Gasteiger partial charge in [0.2, 0.25) is 11.8 Å². The highest BCUT2D eigenvalue weighted by Crippen LogP contribution is 2.29. The van der Waals surface area contributed by atoms with Gasteiger partial charge in [-0.05, 0) is 36.4 Å². The number of ether oxygens (including phenoxy) is 3. The fourth-order valence-electron chi connectivity index (χ4n) is 2.28. The van der Waals surface area contributed by atoms with Crippen LogP contribution in [0.5, 0.6) is 11.5 Å². The van der Waals surface area contributed by atoms with E-state index in [1.807, 2.05) is 0 Å². The molecule has 8 heteroatoms. The molecule has 0 radical (unpaired) electrons. The third-order valence-corrected chi connectivity index (χ3v) is 3.58. The molecule has 0 atom stereocenters. The molecule has 0 bridgehead atoms. The number of hydrogen-bond acceptors (Lipinski definition) is 6. The molecule has 0 saturated carbocycles. The fourth-order valence-corrected chi connectivity index (χ4v) is 2.28. The van der Waals surface area contributed by atoms with Gasteiger partial charge in [0.15, 0.2) is 11.5 Å². The van der Waals surface area contributed by atoms with Crippen molar-refractivity contribution in [3.8, 4) is 11.5 Å². The molecule has 8 nitrogen and oxygen atoms in total. The highest BCUT2D eigenvalue weighted by molar-refractivity contribution is 6.08. The molecule has 2 aromatic rings. The van der Waals surface area contributed by atoms with Gasteiger partial charge >= 0.3 is 5.97 Å². The Morgan fingerprint density at radius 3 is 1.89 bits per heavy atom. The van der Waals surface area contributed by atoms with E-state index in [-0.39, 0.29) is 6.42 Å². The van der Waals surface area contributed by atoms with Crippen molar-refractivity contribution < 1.29 is 28.6 Å². The van der Waals surface area contributed by atoms with E-state index in [4.69, 9.17) is 9.47 Å². The van der Waals surface area contributed by atoms with Crippen LogP contribution in [0.25, 0.3) is 0 Å². The first-order valence-electron chi connectivity index (χ1n) is 7.97. The molecule has 142 valence electrons. The number of carbonyl (C=O) groups excluding carboxylic acids is 3. The molecule has 2 N–H and O–H groups in total. The lowest BCUT2D eigenvalue weighted by molar-refractivity contribution is -0.123. The number of benzene rings is 2. The van der Waals surface area contributed by atoms with E-state index in [0.29, 0.717) is 28.4 Å². The molecule has 0 saturated heterocycles. The van der Waals surface area contributed by atoms with Crippen molar-refractivity contribution in [3.05, 3.63) is 48.0 Å². The molecule has 0 aromatic heterocycles. The Hall–Kier alpha value is -3.55. The summed E-state index contributed by atoms with van der Waals surface area (Å²) in [6, 6.07) is 11.0. The summed E-state index contributed by atoms with van der Waals surface area (Å²) >= 11 is 0. The molecule has 2 amide bonds. The maximum absolute atomic E-state index is 12.0.